The predicted molar refractivity (Wildman–Crippen MR) is 112 cm³/mol. The van der Waals surface area contributed by atoms with E-state index >= 15 is 0 Å². The van der Waals surface area contributed by atoms with Crippen LogP contribution in [-0.2, 0) is 35.1 Å². The van der Waals surface area contributed by atoms with Crippen LogP contribution in [0.2, 0.25) is 5.02 Å². The average Bonchev–Trinajstić information content (AvgIpc) is 3.17. The summed E-state index contributed by atoms with van der Waals surface area (Å²) in [7, 11) is 0. The molecule has 1 aliphatic carbocycles. The number of fused-ring (bicyclic) bond motifs is 1. The number of anilines is 1. The summed E-state index contributed by atoms with van der Waals surface area (Å²) in [4.78, 5) is 26.2. The number of alkyl halides is 3. The average molecular weight is 478 g/mol. The molecule has 6 nitrogen and oxygen atoms in total. The van der Waals surface area contributed by atoms with Gasteiger partial charge in [-0.05, 0) is 52.0 Å². The Balaban J connectivity index is 1.75. The molecule has 31 heavy (non-hydrogen) atoms. The van der Waals surface area contributed by atoms with E-state index < -0.39 is 28.8 Å². The number of aromatic nitrogens is 2. The molecule has 170 valence electrons. The topological polar surface area (TPSA) is 73.2 Å². The quantitative estimate of drug-likeness (QED) is 0.565. The van der Waals surface area contributed by atoms with Gasteiger partial charge < -0.3 is 10.1 Å². The van der Waals surface area contributed by atoms with Crippen LogP contribution in [0.3, 0.4) is 0 Å². The molecular formula is C20H23ClF3N3O3S. The molecule has 0 bridgehead atoms. The Labute approximate surface area is 186 Å². The number of hydrogen-bond donors (Lipinski definition) is 1. The van der Waals surface area contributed by atoms with Crippen molar-refractivity contribution >= 4 is 39.8 Å². The van der Waals surface area contributed by atoms with Gasteiger partial charge in [0, 0.05) is 11.3 Å². The van der Waals surface area contributed by atoms with Gasteiger partial charge >= 0.3 is 12.1 Å². The molecule has 1 amide bonds. The maximum Gasteiger partial charge on any atom is 0.436 e. The molecule has 3 rings (SSSR count). The van der Waals surface area contributed by atoms with Gasteiger partial charge in [-0.25, -0.2) is 4.79 Å². The number of nitrogens with zero attached hydrogens (tertiary/aromatic N) is 2. The first-order valence-electron chi connectivity index (χ1n) is 9.94. The second-order valence-electron chi connectivity index (χ2n) is 7.64. The Hall–Kier alpha value is -2.07. The molecule has 2 heterocycles. The van der Waals surface area contributed by atoms with Gasteiger partial charge in [-0.2, -0.15) is 18.3 Å². The minimum Gasteiger partial charge on any atom is -0.459 e. The lowest BCUT2D eigenvalue weighted by atomic mass is 9.95. The van der Waals surface area contributed by atoms with E-state index in [1.165, 1.54) is 18.3 Å². The fourth-order valence-electron chi connectivity index (χ4n) is 3.46. The van der Waals surface area contributed by atoms with Crippen LogP contribution in [0.15, 0.2) is 0 Å². The fraction of sp³-hybridized carbons (Fsp3) is 0.550. The lowest BCUT2D eigenvalue weighted by molar-refractivity contribution is -0.141. The van der Waals surface area contributed by atoms with Crippen molar-refractivity contribution < 1.29 is 27.5 Å². The Morgan fingerprint density at radius 2 is 1.97 bits per heavy atom. The molecule has 0 fully saturated rings. The van der Waals surface area contributed by atoms with Crippen LogP contribution in [0.1, 0.15) is 65.3 Å². The molecule has 0 atom stereocenters. The number of carbonyl (C=O) groups excluding carboxylic acids is 2. The zero-order chi connectivity index (χ0) is 22.9. The summed E-state index contributed by atoms with van der Waals surface area (Å²) < 4.78 is 45.3. The SMILES string of the molecule is Cc1c(Cl)c(C(F)(F)F)nn1CCC(=O)Nc1sc2c(c1C(=O)OC(C)C)CCCC2. The van der Waals surface area contributed by atoms with Gasteiger partial charge in [0.15, 0.2) is 5.69 Å². The summed E-state index contributed by atoms with van der Waals surface area (Å²) >= 11 is 7.10. The molecule has 0 radical (unpaired) electrons. The van der Waals surface area contributed by atoms with Crippen molar-refractivity contribution in [3.05, 3.63) is 32.4 Å². The molecule has 11 heteroatoms. The van der Waals surface area contributed by atoms with Crippen molar-refractivity contribution in [1.29, 1.82) is 0 Å². The molecule has 2 aromatic heterocycles. The summed E-state index contributed by atoms with van der Waals surface area (Å²) in [5, 5.41) is 6.20. The minimum absolute atomic E-state index is 0.0790. The highest BCUT2D eigenvalue weighted by molar-refractivity contribution is 7.17. The first-order chi connectivity index (χ1) is 14.5. The van der Waals surface area contributed by atoms with Crippen molar-refractivity contribution in [2.24, 2.45) is 0 Å². The molecule has 0 saturated heterocycles. The molecule has 0 aliphatic heterocycles. The molecular weight excluding hydrogens is 455 g/mol. The maximum atomic E-state index is 13.0. The van der Waals surface area contributed by atoms with Crippen molar-refractivity contribution in [1.82, 2.24) is 9.78 Å². The third-order valence-corrected chi connectivity index (χ3v) is 6.58. The number of rotatable bonds is 6. The first kappa shape index (κ1) is 23.6. The summed E-state index contributed by atoms with van der Waals surface area (Å²) in [5.74, 6) is -0.911. The lowest BCUT2D eigenvalue weighted by Gasteiger charge is -2.14. The number of carbonyl (C=O) groups is 2. The number of amides is 1. The van der Waals surface area contributed by atoms with Gasteiger partial charge in [0.25, 0.3) is 0 Å². The van der Waals surface area contributed by atoms with Crippen LogP contribution >= 0.6 is 22.9 Å². The Bertz CT molecular complexity index is 998. The number of esters is 1. The number of halogens is 4. The first-order valence-corrected chi connectivity index (χ1v) is 11.1. The normalized spacial score (nSPS) is 13.9. The van der Waals surface area contributed by atoms with Crippen molar-refractivity contribution in [2.45, 2.75) is 71.7 Å². The number of aryl methyl sites for hydroxylation is 2. The van der Waals surface area contributed by atoms with E-state index in [1.807, 2.05) is 0 Å². The van der Waals surface area contributed by atoms with E-state index in [1.54, 1.807) is 13.8 Å². The molecule has 1 N–H and O–H groups in total. The fourth-order valence-corrected chi connectivity index (χ4v) is 5.00. The van der Waals surface area contributed by atoms with Crippen molar-refractivity contribution in [3.63, 3.8) is 0 Å². The smallest absolute Gasteiger partial charge is 0.436 e. The Kier molecular flexibility index (Phi) is 7.00. The highest BCUT2D eigenvalue weighted by Crippen LogP contribution is 2.39. The van der Waals surface area contributed by atoms with Crippen LogP contribution in [0, 0.1) is 6.92 Å². The van der Waals surface area contributed by atoms with Crippen LogP contribution in [0.4, 0.5) is 18.2 Å². The second-order valence-corrected chi connectivity index (χ2v) is 9.12. The third kappa shape index (κ3) is 5.23. The van der Waals surface area contributed by atoms with E-state index in [2.05, 4.69) is 10.4 Å². The standard InChI is InChI=1S/C20H23ClF3N3O3S/c1-10(2)30-19(29)15-12-6-4-5-7-13(12)31-18(15)25-14(28)8-9-27-11(3)16(21)17(26-27)20(22,23)24/h10H,4-9H2,1-3H3,(H,25,28). The molecule has 2 aromatic rings. The van der Waals surface area contributed by atoms with Gasteiger partial charge in [0.2, 0.25) is 5.91 Å². The summed E-state index contributed by atoms with van der Waals surface area (Å²) in [6, 6.07) is 0. The second kappa shape index (κ2) is 9.20. The molecule has 1 aliphatic rings. The Morgan fingerprint density at radius 1 is 1.29 bits per heavy atom. The summed E-state index contributed by atoms with van der Waals surface area (Å²) in [5.41, 5.74) is 0.271. The zero-order valence-electron chi connectivity index (χ0n) is 17.4. The Morgan fingerprint density at radius 3 is 2.58 bits per heavy atom. The van der Waals surface area contributed by atoms with Crippen molar-refractivity contribution in [3.8, 4) is 0 Å². The highest BCUT2D eigenvalue weighted by atomic mass is 35.5. The molecule has 0 unspecified atom stereocenters. The number of ether oxygens (including phenoxy) is 1. The van der Waals surface area contributed by atoms with Gasteiger partial charge in [0.05, 0.1) is 28.9 Å². The van der Waals surface area contributed by atoms with Gasteiger partial charge in [-0.15, -0.1) is 11.3 Å². The third-order valence-electron chi connectivity index (χ3n) is 4.92. The summed E-state index contributed by atoms with van der Waals surface area (Å²) in [6.45, 7) is 4.84. The molecule has 0 spiro atoms. The molecule has 0 aromatic carbocycles. The lowest BCUT2D eigenvalue weighted by Crippen LogP contribution is -2.19. The van der Waals surface area contributed by atoms with Crippen LogP contribution in [0.25, 0.3) is 0 Å². The van der Waals surface area contributed by atoms with E-state index in [0.29, 0.717) is 10.6 Å². The number of thiophene rings is 1. The molecule has 0 saturated carbocycles. The largest absolute Gasteiger partial charge is 0.459 e. The van der Waals surface area contributed by atoms with Crippen LogP contribution in [-0.4, -0.2) is 27.8 Å². The number of hydrogen-bond acceptors (Lipinski definition) is 5. The van der Waals surface area contributed by atoms with Gasteiger partial charge in [0.1, 0.15) is 5.00 Å². The predicted octanol–water partition coefficient (Wildman–Crippen LogP) is 5.40. The monoisotopic (exact) mass is 477 g/mol. The van der Waals surface area contributed by atoms with E-state index in [0.717, 1.165) is 40.8 Å². The van der Waals surface area contributed by atoms with Gasteiger partial charge in [-0.3, -0.25) is 9.48 Å². The van der Waals surface area contributed by atoms with Gasteiger partial charge in [-0.1, -0.05) is 11.6 Å². The zero-order valence-corrected chi connectivity index (χ0v) is 18.9. The maximum absolute atomic E-state index is 13.0. The number of nitrogens with one attached hydrogen (secondary N) is 1. The van der Waals surface area contributed by atoms with Crippen molar-refractivity contribution in [2.75, 3.05) is 5.32 Å². The minimum atomic E-state index is -4.67. The van der Waals surface area contributed by atoms with Crippen LogP contribution < -0.4 is 5.32 Å². The van der Waals surface area contributed by atoms with E-state index in [9.17, 15) is 22.8 Å². The summed E-state index contributed by atoms with van der Waals surface area (Å²) in [6.07, 6.45) is -1.54. The van der Waals surface area contributed by atoms with E-state index in [-0.39, 0.29) is 24.8 Å². The highest BCUT2D eigenvalue weighted by Gasteiger charge is 2.38. The van der Waals surface area contributed by atoms with E-state index in [4.69, 9.17) is 16.3 Å². The van der Waals surface area contributed by atoms with Crippen LogP contribution in [0.5, 0.6) is 0 Å².